The molecule has 0 bridgehead atoms. The second-order valence-electron chi connectivity index (χ2n) is 6.79. The summed E-state index contributed by atoms with van der Waals surface area (Å²) < 4.78 is 2.06. The highest BCUT2D eigenvalue weighted by Gasteiger charge is 2.22. The number of piperidine rings is 1. The molecule has 0 spiro atoms. The molecule has 0 unspecified atom stereocenters. The zero-order valence-electron chi connectivity index (χ0n) is 16.4. The van der Waals surface area contributed by atoms with E-state index in [2.05, 4.69) is 43.3 Å². The Morgan fingerprint density at radius 1 is 1.35 bits per heavy atom. The van der Waals surface area contributed by atoms with Crippen LogP contribution in [0.1, 0.15) is 37.1 Å². The van der Waals surface area contributed by atoms with Gasteiger partial charge in [-0.2, -0.15) is 5.10 Å². The van der Waals surface area contributed by atoms with Gasteiger partial charge in [0.2, 0.25) is 5.91 Å². The van der Waals surface area contributed by atoms with Crippen LogP contribution in [-0.4, -0.2) is 60.3 Å². The zero-order valence-corrected chi connectivity index (χ0v) is 18.7. The lowest BCUT2D eigenvalue weighted by Crippen LogP contribution is -2.46. The van der Waals surface area contributed by atoms with Crippen LogP contribution in [0.5, 0.6) is 0 Å². The van der Waals surface area contributed by atoms with Crippen molar-refractivity contribution in [2.24, 2.45) is 10.9 Å². The summed E-state index contributed by atoms with van der Waals surface area (Å²) >= 11 is 0. The molecule has 1 saturated heterocycles. The van der Waals surface area contributed by atoms with Crippen molar-refractivity contribution >= 4 is 35.8 Å². The van der Waals surface area contributed by atoms with Crippen LogP contribution in [0.3, 0.4) is 0 Å². The third kappa shape index (κ3) is 6.77. The molecular formula is C18H33IN6O. The van der Waals surface area contributed by atoms with Crippen molar-refractivity contribution < 1.29 is 4.79 Å². The van der Waals surface area contributed by atoms with E-state index in [1.807, 2.05) is 14.0 Å². The molecule has 1 aromatic rings. The first-order valence-electron chi connectivity index (χ1n) is 9.20. The Balaban J connectivity index is 0.00000338. The highest BCUT2D eigenvalue weighted by atomic mass is 127. The normalized spacial score (nSPS) is 15.5. The molecule has 1 aliphatic heterocycles. The van der Waals surface area contributed by atoms with E-state index >= 15 is 0 Å². The van der Waals surface area contributed by atoms with E-state index in [0.29, 0.717) is 12.3 Å². The molecule has 0 aromatic carbocycles. The number of guanidine groups is 1. The van der Waals surface area contributed by atoms with Gasteiger partial charge in [0.25, 0.3) is 0 Å². The Hall–Kier alpha value is -1.32. The summed E-state index contributed by atoms with van der Waals surface area (Å²) in [5.74, 6) is 1.59. The maximum Gasteiger partial charge on any atom is 0.220 e. The van der Waals surface area contributed by atoms with Crippen LogP contribution in [0, 0.1) is 19.8 Å². The number of hydrogen-bond donors (Lipinski definition) is 2. The number of hydrogen-bond acceptors (Lipinski definition) is 3. The van der Waals surface area contributed by atoms with Gasteiger partial charge in [0, 0.05) is 52.4 Å². The second-order valence-corrected chi connectivity index (χ2v) is 6.79. The molecule has 1 amide bonds. The highest BCUT2D eigenvalue weighted by Crippen LogP contribution is 2.20. The van der Waals surface area contributed by atoms with Gasteiger partial charge in [-0.05, 0) is 45.1 Å². The summed E-state index contributed by atoms with van der Waals surface area (Å²) in [5.41, 5.74) is 2.28. The lowest BCUT2D eigenvalue weighted by Gasteiger charge is -2.34. The number of likely N-dealkylation sites (tertiary alicyclic amines) is 1. The molecule has 8 heteroatoms. The molecule has 0 aliphatic carbocycles. The third-order valence-electron chi connectivity index (χ3n) is 4.81. The van der Waals surface area contributed by atoms with E-state index in [-0.39, 0.29) is 29.9 Å². The maximum atomic E-state index is 11.5. The number of rotatable bonds is 6. The van der Waals surface area contributed by atoms with Crippen LogP contribution in [0.25, 0.3) is 0 Å². The van der Waals surface area contributed by atoms with Crippen molar-refractivity contribution in [3.8, 4) is 0 Å². The lowest BCUT2D eigenvalue weighted by atomic mass is 9.93. The Bertz CT molecular complexity index is 593. The topological polar surface area (TPSA) is 74.5 Å². The van der Waals surface area contributed by atoms with Crippen LogP contribution in [0.15, 0.2) is 11.1 Å². The summed E-state index contributed by atoms with van der Waals surface area (Å²) in [7, 11) is 3.54. The van der Waals surface area contributed by atoms with Crippen LogP contribution in [-0.2, 0) is 11.3 Å². The molecule has 7 nitrogen and oxygen atoms in total. The van der Waals surface area contributed by atoms with Crippen molar-refractivity contribution in [2.75, 3.05) is 33.7 Å². The number of aromatic nitrogens is 2. The van der Waals surface area contributed by atoms with Gasteiger partial charge in [-0.15, -0.1) is 24.0 Å². The van der Waals surface area contributed by atoms with Crippen LogP contribution in [0.4, 0.5) is 0 Å². The van der Waals surface area contributed by atoms with Gasteiger partial charge >= 0.3 is 0 Å². The molecule has 26 heavy (non-hydrogen) atoms. The first-order chi connectivity index (χ1) is 12.0. The molecule has 148 valence electrons. The molecule has 0 atom stereocenters. The number of amides is 1. The number of carbonyl (C=O) groups excluding carboxylic acids is 1. The monoisotopic (exact) mass is 476 g/mol. The van der Waals surface area contributed by atoms with Gasteiger partial charge < -0.3 is 15.5 Å². The molecule has 1 fully saturated rings. The van der Waals surface area contributed by atoms with Crippen molar-refractivity contribution in [3.05, 3.63) is 17.5 Å². The predicted molar refractivity (Wildman–Crippen MR) is 116 cm³/mol. The lowest BCUT2D eigenvalue weighted by molar-refractivity contribution is -0.121. The zero-order chi connectivity index (χ0) is 18.2. The van der Waals surface area contributed by atoms with Gasteiger partial charge in [0.15, 0.2) is 5.96 Å². The quantitative estimate of drug-likeness (QED) is 0.285. The van der Waals surface area contributed by atoms with Crippen molar-refractivity contribution in [1.82, 2.24) is 25.3 Å². The van der Waals surface area contributed by atoms with E-state index in [4.69, 9.17) is 0 Å². The standard InChI is InChI=1S/C18H32N6O.HI/c1-14-12-15(2)24(22-14)9-5-8-21-18(20-4)23-10-6-16(7-11-23)13-17(25)19-3;/h12,16H,5-11,13H2,1-4H3,(H,19,25)(H,20,21);1H. The summed E-state index contributed by atoms with van der Waals surface area (Å²) in [4.78, 5) is 18.2. The first kappa shape index (κ1) is 22.7. The van der Waals surface area contributed by atoms with Gasteiger partial charge in [-0.3, -0.25) is 14.5 Å². The third-order valence-corrected chi connectivity index (χ3v) is 4.81. The van der Waals surface area contributed by atoms with Crippen LogP contribution < -0.4 is 10.6 Å². The van der Waals surface area contributed by atoms with Gasteiger partial charge in [0.1, 0.15) is 0 Å². The number of nitrogens with zero attached hydrogens (tertiary/aromatic N) is 4. The van der Waals surface area contributed by atoms with Crippen molar-refractivity contribution in [3.63, 3.8) is 0 Å². The Labute approximate surface area is 174 Å². The number of aryl methyl sites for hydroxylation is 3. The summed E-state index contributed by atoms with van der Waals surface area (Å²) in [6.45, 7) is 7.82. The summed E-state index contributed by atoms with van der Waals surface area (Å²) in [6.07, 6.45) is 3.73. The average molecular weight is 476 g/mol. The van der Waals surface area contributed by atoms with E-state index in [1.54, 1.807) is 7.05 Å². The summed E-state index contributed by atoms with van der Waals surface area (Å²) in [6, 6.07) is 2.11. The number of aliphatic imine (C=N–C) groups is 1. The van der Waals surface area contributed by atoms with Gasteiger partial charge in [-0.1, -0.05) is 0 Å². The minimum Gasteiger partial charge on any atom is -0.359 e. The Kier molecular flexibility index (Phi) is 9.97. The molecule has 1 aliphatic rings. The molecule has 0 radical (unpaired) electrons. The Morgan fingerprint density at radius 3 is 2.58 bits per heavy atom. The maximum absolute atomic E-state index is 11.5. The number of carbonyl (C=O) groups is 1. The minimum absolute atomic E-state index is 0. The van der Waals surface area contributed by atoms with Gasteiger partial charge in [0.05, 0.1) is 5.69 Å². The number of halogens is 1. The van der Waals surface area contributed by atoms with Crippen molar-refractivity contribution in [2.45, 2.75) is 46.1 Å². The largest absolute Gasteiger partial charge is 0.359 e. The van der Waals surface area contributed by atoms with Crippen molar-refractivity contribution in [1.29, 1.82) is 0 Å². The number of nitrogens with one attached hydrogen (secondary N) is 2. The van der Waals surface area contributed by atoms with E-state index in [1.165, 1.54) is 5.69 Å². The second kappa shape index (κ2) is 11.4. The first-order valence-corrected chi connectivity index (χ1v) is 9.20. The SMILES string of the molecule is CN=C(NCCCn1nc(C)cc1C)N1CCC(CC(=O)NC)CC1.I. The average Bonchev–Trinajstić information content (AvgIpc) is 2.93. The van der Waals surface area contributed by atoms with E-state index in [0.717, 1.165) is 57.1 Å². The molecule has 2 rings (SSSR count). The van der Waals surface area contributed by atoms with Crippen LogP contribution in [0.2, 0.25) is 0 Å². The molecule has 0 saturated carbocycles. The van der Waals surface area contributed by atoms with Crippen LogP contribution >= 0.6 is 24.0 Å². The van der Waals surface area contributed by atoms with E-state index in [9.17, 15) is 4.79 Å². The molecule has 2 heterocycles. The predicted octanol–water partition coefficient (Wildman–Crippen LogP) is 1.93. The molecule has 2 N–H and O–H groups in total. The Morgan fingerprint density at radius 2 is 2.04 bits per heavy atom. The fourth-order valence-corrected chi connectivity index (χ4v) is 3.38. The van der Waals surface area contributed by atoms with Gasteiger partial charge in [-0.25, -0.2) is 0 Å². The smallest absolute Gasteiger partial charge is 0.220 e. The highest BCUT2D eigenvalue weighted by molar-refractivity contribution is 14.0. The minimum atomic E-state index is 0. The van der Waals surface area contributed by atoms with E-state index < -0.39 is 0 Å². The fourth-order valence-electron chi connectivity index (χ4n) is 3.38. The summed E-state index contributed by atoms with van der Waals surface area (Å²) in [5, 5.41) is 10.7. The molecular weight excluding hydrogens is 443 g/mol. The molecule has 1 aromatic heterocycles. The fraction of sp³-hybridized carbons (Fsp3) is 0.722.